The number of aliphatic hydroxyl groups is 12. The molecule has 7 fully saturated rings. The lowest BCUT2D eigenvalue weighted by atomic mass is 9.46. The van der Waals surface area contributed by atoms with Crippen LogP contribution >= 0.6 is 0 Å². The van der Waals surface area contributed by atoms with Gasteiger partial charge in [-0.2, -0.15) is 0 Å². The summed E-state index contributed by atoms with van der Waals surface area (Å²) in [6.07, 6.45) is -22.2. The first-order valence-electron chi connectivity index (χ1n) is 26.5. The summed E-state index contributed by atoms with van der Waals surface area (Å²) in [5.41, 5.74) is -1.81. The Hall–Kier alpha value is -1.92. The average Bonchev–Trinajstić information content (AvgIpc) is 3.59. The lowest BCUT2D eigenvalue weighted by Gasteiger charge is -2.59. The highest BCUT2D eigenvalue weighted by molar-refractivity contribution is 5.82. The molecule has 8 rings (SSSR count). The Bertz CT molecular complexity index is 1960. The number of esters is 1. The maximum atomic E-state index is 14.3. The molecule has 0 aromatic rings. The molecule has 0 aromatic carbocycles. The zero-order valence-electron chi connectivity index (χ0n) is 43.1. The number of aliphatic hydroxyl groups excluding tert-OH is 11. The highest BCUT2D eigenvalue weighted by Gasteiger charge is 2.71. The van der Waals surface area contributed by atoms with E-state index in [1.807, 2.05) is 20.8 Å². The number of fused-ring (bicyclic) bond motifs is 5. The van der Waals surface area contributed by atoms with E-state index in [0.717, 1.165) is 12.5 Å². The predicted octanol–water partition coefficient (Wildman–Crippen LogP) is -2.20. The van der Waals surface area contributed by atoms with Crippen molar-refractivity contribution in [2.24, 2.45) is 40.4 Å². The van der Waals surface area contributed by atoms with Crippen LogP contribution < -0.4 is 0 Å². The number of Topliss-reactive ketones (excluding diaryl/α,β-unsaturated/α-hetero) is 1. The van der Waals surface area contributed by atoms with Gasteiger partial charge in [0.15, 0.2) is 31.3 Å². The fourth-order valence-corrected chi connectivity index (χ4v) is 13.9. The van der Waals surface area contributed by atoms with Crippen LogP contribution in [0.15, 0.2) is 11.6 Å². The van der Waals surface area contributed by atoms with Gasteiger partial charge < -0.3 is 104 Å². The van der Waals surface area contributed by atoms with Crippen LogP contribution in [0.2, 0.25) is 0 Å². The van der Waals surface area contributed by atoms with Gasteiger partial charge in [0.25, 0.3) is 0 Å². The van der Waals surface area contributed by atoms with Crippen molar-refractivity contribution in [3.8, 4) is 0 Å². The van der Waals surface area contributed by atoms with Crippen LogP contribution in [0.1, 0.15) is 99.3 Å². The Morgan fingerprint density at radius 1 is 0.716 bits per heavy atom. The molecule has 4 heterocycles. The topological polar surface area (TPSA) is 360 Å². The van der Waals surface area contributed by atoms with Crippen molar-refractivity contribution in [3.63, 3.8) is 0 Å². The van der Waals surface area contributed by atoms with Crippen LogP contribution in [-0.4, -0.2) is 228 Å². The number of rotatable bonds is 16. The largest absolute Gasteiger partial charge is 0.454 e. The molecule has 23 nitrogen and oxygen atoms in total. The minimum Gasteiger partial charge on any atom is -0.454 e. The second-order valence-corrected chi connectivity index (χ2v) is 23.3. The van der Waals surface area contributed by atoms with Gasteiger partial charge in [0, 0.05) is 24.7 Å². The molecule has 12 N–H and O–H groups in total. The summed E-state index contributed by atoms with van der Waals surface area (Å²) in [7, 11) is 0. The summed E-state index contributed by atoms with van der Waals surface area (Å²) >= 11 is 0. The summed E-state index contributed by atoms with van der Waals surface area (Å²) in [6.45, 7) is 9.25. The lowest BCUT2D eigenvalue weighted by molar-refractivity contribution is -0.345. The molecule has 8 aliphatic rings. The summed E-state index contributed by atoms with van der Waals surface area (Å²) in [4.78, 5) is 27.0. The molecule has 0 unspecified atom stereocenters. The second kappa shape index (κ2) is 23.0. The monoisotopic (exact) mass is 1060 g/mol. The standard InChI is InChI=1S/C51H82O23/c1-21(2)7-10-29(54)22(3)51(65)34(73-48-44(69-23(4)53)43(31(56)19-67-48)74-46-40(62)35(57)30(55)18-66-46)16-28-26-9-8-24-15-25(11-13-49(24,5)27(26)12-14-50(28,51)6)70-47-42(64)39(61)37(59)33(72-47)20-68-45-41(63)38(60)36(58)32(17-52)71-45/h8,21-22,25-28,30-48,52,55-65H,7,9-20H2,1-6H3/t22-,25+,26-,27+,28+,30-,31+,32-,33-,34+,35+,36-,37-,38+,39+,40-,41-,42-,43+,44-,45-,46+,47-,48+,49+,50+,51-/m1/s1. The quantitative estimate of drug-likeness (QED) is 0.0576. The van der Waals surface area contributed by atoms with Crippen molar-refractivity contribution in [2.45, 2.75) is 228 Å². The van der Waals surface area contributed by atoms with Gasteiger partial charge in [0.05, 0.1) is 38.6 Å². The average molecular weight is 1060 g/mol. The maximum Gasteiger partial charge on any atom is 0.303 e. The van der Waals surface area contributed by atoms with E-state index >= 15 is 0 Å². The fraction of sp³-hybridized carbons (Fsp3) is 0.922. The van der Waals surface area contributed by atoms with Crippen LogP contribution in [0, 0.1) is 40.4 Å². The van der Waals surface area contributed by atoms with Crippen molar-refractivity contribution in [1.29, 1.82) is 0 Å². The number of hydrogen-bond donors (Lipinski definition) is 12. The van der Waals surface area contributed by atoms with Crippen molar-refractivity contribution >= 4 is 11.8 Å². The molecule has 0 amide bonds. The van der Waals surface area contributed by atoms with E-state index in [4.69, 9.17) is 42.6 Å². The Labute approximate surface area is 430 Å². The van der Waals surface area contributed by atoms with Gasteiger partial charge in [-0.3, -0.25) is 9.59 Å². The second-order valence-electron chi connectivity index (χ2n) is 23.3. The molecule has 0 spiro atoms. The van der Waals surface area contributed by atoms with Crippen molar-refractivity contribution < 1.29 is 113 Å². The van der Waals surface area contributed by atoms with E-state index in [1.54, 1.807) is 6.92 Å². The van der Waals surface area contributed by atoms with E-state index in [1.165, 1.54) is 0 Å². The molecular formula is C51H82O23. The molecule has 0 radical (unpaired) electrons. The minimum atomic E-state index is -1.76. The Balaban J connectivity index is 0.998. The van der Waals surface area contributed by atoms with Gasteiger partial charge in [-0.15, -0.1) is 0 Å². The van der Waals surface area contributed by atoms with Crippen molar-refractivity contribution in [1.82, 2.24) is 0 Å². The highest BCUT2D eigenvalue weighted by atomic mass is 16.8. The summed E-state index contributed by atoms with van der Waals surface area (Å²) in [5, 5.41) is 129. The first-order chi connectivity index (χ1) is 34.9. The van der Waals surface area contributed by atoms with E-state index in [0.29, 0.717) is 51.4 Å². The lowest BCUT2D eigenvalue weighted by Crippen LogP contribution is -2.64. The molecule has 0 bridgehead atoms. The molecule has 3 saturated carbocycles. The SMILES string of the molecule is CC(=O)O[C@H]1[C@H](O[C@H]2C[C@H]3[C@@H]4CC=C5C[C@@H](O[C@@H]6O[C@H](CO[C@@H]7O[C@H](CO)[C@@H](O)[C@H](O)[C@H]7O)[C@@H](O)[C@H](O)[C@H]6O)CC[C@]5(C)[C@H]4CC[C@]3(C)[C@@]2(O)[C@H](C)C(=O)CCC(C)C)OC[C@H](O)[C@@H]1O[C@@H]1OC[C@@H](O)[C@H](O)[C@H]1O. The van der Waals surface area contributed by atoms with E-state index in [9.17, 15) is 70.9 Å². The molecule has 4 aliphatic heterocycles. The van der Waals surface area contributed by atoms with Gasteiger partial charge in [-0.1, -0.05) is 46.3 Å². The number of hydrogen-bond acceptors (Lipinski definition) is 23. The maximum absolute atomic E-state index is 14.3. The number of ketones is 1. The molecule has 74 heavy (non-hydrogen) atoms. The minimum absolute atomic E-state index is 0.0174. The Morgan fingerprint density at radius 3 is 2.03 bits per heavy atom. The zero-order valence-corrected chi connectivity index (χ0v) is 43.1. The molecule has 27 atom stereocenters. The molecule has 424 valence electrons. The molecule has 4 saturated heterocycles. The van der Waals surface area contributed by atoms with Gasteiger partial charge >= 0.3 is 5.97 Å². The molecule has 23 heteroatoms. The fourth-order valence-electron chi connectivity index (χ4n) is 13.9. The van der Waals surface area contributed by atoms with Crippen LogP contribution in [0.25, 0.3) is 0 Å². The van der Waals surface area contributed by atoms with Gasteiger partial charge in [-0.25, -0.2) is 0 Å². The number of carbonyl (C=O) groups excluding carboxylic acids is 2. The van der Waals surface area contributed by atoms with E-state index < -0.39 is 159 Å². The third-order valence-electron chi connectivity index (χ3n) is 18.5. The van der Waals surface area contributed by atoms with Gasteiger partial charge in [-0.05, 0) is 80.5 Å². The molecular weight excluding hydrogens is 981 g/mol. The first kappa shape index (κ1) is 58.2. The summed E-state index contributed by atoms with van der Waals surface area (Å²) in [5.74, 6) is -1.63. The van der Waals surface area contributed by atoms with E-state index in [-0.39, 0.29) is 54.5 Å². The van der Waals surface area contributed by atoms with Gasteiger partial charge in [0.1, 0.15) is 90.7 Å². The number of carbonyl (C=O) groups is 2. The summed E-state index contributed by atoms with van der Waals surface area (Å²) in [6, 6.07) is 0. The molecule has 4 aliphatic carbocycles. The number of ether oxygens (including phenoxy) is 9. The predicted molar refractivity (Wildman–Crippen MR) is 250 cm³/mol. The van der Waals surface area contributed by atoms with Crippen LogP contribution in [0.3, 0.4) is 0 Å². The number of allylic oxidation sites excluding steroid dienone is 1. The van der Waals surface area contributed by atoms with Crippen LogP contribution in [-0.2, 0) is 52.2 Å². The highest BCUT2D eigenvalue weighted by Crippen LogP contribution is 2.69. The Morgan fingerprint density at radius 2 is 1.35 bits per heavy atom. The van der Waals surface area contributed by atoms with Crippen LogP contribution in [0.4, 0.5) is 0 Å². The smallest absolute Gasteiger partial charge is 0.303 e. The van der Waals surface area contributed by atoms with Crippen molar-refractivity contribution in [2.75, 3.05) is 26.4 Å². The third kappa shape index (κ3) is 10.8. The van der Waals surface area contributed by atoms with Crippen LogP contribution in [0.5, 0.6) is 0 Å². The van der Waals surface area contributed by atoms with Gasteiger partial charge in [0.2, 0.25) is 0 Å². The normalized spacial score (nSPS) is 50.0. The summed E-state index contributed by atoms with van der Waals surface area (Å²) < 4.78 is 53.4. The third-order valence-corrected chi connectivity index (χ3v) is 18.5. The van der Waals surface area contributed by atoms with Crippen molar-refractivity contribution in [3.05, 3.63) is 11.6 Å². The first-order valence-corrected chi connectivity index (χ1v) is 26.5. The Kier molecular flexibility index (Phi) is 18.1. The van der Waals surface area contributed by atoms with E-state index in [2.05, 4.69) is 13.0 Å². The zero-order chi connectivity index (χ0) is 53.9. The molecule has 0 aromatic heterocycles.